The molecule has 1 amide bonds. The van der Waals surface area contributed by atoms with Crippen LogP contribution in [0.4, 0.5) is 0 Å². The zero-order valence-corrected chi connectivity index (χ0v) is 14.7. The minimum absolute atomic E-state index is 0.0303. The fourth-order valence-electron chi connectivity index (χ4n) is 3.40. The molecule has 0 radical (unpaired) electrons. The molecule has 0 heterocycles. The number of hydrogen-bond donors (Lipinski definition) is 5. The highest BCUT2D eigenvalue weighted by atomic mass is 16.4. The van der Waals surface area contributed by atoms with Crippen molar-refractivity contribution in [1.29, 1.82) is 0 Å². The standard InChI is InChI=1S/C16H31BN2O5/c1-11(2)13(18)14(20)19-12-6-5-8-16(10-12,15(21)22)7-3-4-9-17(23)24/h11-13,23-24H,3-10,18H2,1-2H3,(H,19,20)(H,21,22)/t12-,13-,16+/m0/s1. The molecule has 1 aliphatic rings. The average Bonchev–Trinajstić information content (AvgIpc) is 2.50. The van der Waals surface area contributed by atoms with Gasteiger partial charge in [-0.2, -0.15) is 0 Å². The van der Waals surface area contributed by atoms with Crippen molar-refractivity contribution >= 4 is 19.0 Å². The molecule has 7 nitrogen and oxygen atoms in total. The summed E-state index contributed by atoms with van der Waals surface area (Å²) < 4.78 is 0. The summed E-state index contributed by atoms with van der Waals surface area (Å²) in [6, 6.07) is -0.757. The van der Waals surface area contributed by atoms with Crippen molar-refractivity contribution in [3.05, 3.63) is 0 Å². The molecular formula is C16H31BN2O5. The van der Waals surface area contributed by atoms with Crippen LogP contribution in [0.1, 0.15) is 58.8 Å². The molecule has 0 bridgehead atoms. The van der Waals surface area contributed by atoms with Crippen LogP contribution in [-0.2, 0) is 9.59 Å². The van der Waals surface area contributed by atoms with Gasteiger partial charge in [-0.1, -0.05) is 33.1 Å². The van der Waals surface area contributed by atoms with Crippen LogP contribution in [0, 0.1) is 11.3 Å². The lowest BCUT2D eigenvalue weighted by atomic mass is 9.68. The molecule has 0 aromatic carbocycles. The van der Waals surface area contributed by atoms with Gasteiger partial charge in [0.2, 0.25) is 5.91 Å². The first-order chi connectivity index (χ1) is 11.2. The van der Waals surface area contributed by atoms with Gasteiger partial charge in [-0.3, -0.25) is 9.59 Å². The normalized spacial score (nSPS) is 25.3. The second-order valence-corrected chi connectivity index (χ2v) is 7.38. The lowest BCUT2D eigenvalue weighted by Crippen LogP contribution is -2.51. The lowest BCUT2D eigenvalue weighted by Gasteiger charge is -2.38. The topological polar surface area (TPSA) is 133 Å². The van der Waals surface area contributed by atoms with Crippen LogP contribution in [-0.4, -0.2) is 46.2 Å². The van der Waals surface area contributed by atoms with Gasteiger partial charge in [0.25, 0.3) is 0 Å². The van der Waals surface area contributed by atoms with E-state index < -0.39 is 24.5 Å². The maximum absolute atomic E-state index is 12.1. The van der Waals surface area contributed by atoms with Crippen LogP contribution in [0.2, 0.25) is 6.32 Å². The van der Waals surface area contributed by atoms with Crippen molar-refractivity contribution < 1.29 is 24.7 Å². The van der Waals surface area contributed by atoms with Gasteiger partial charge in [-0.15, -0.1) is 0 Å². The van der Waals surface area contributed by atoms with Gasteiger partial charge >= 0.3 is 13.1 Å². The second-order valence-electron chi connectivity index (χ2n) is 7.38. The summed E-state index contributed by atoms with van der Waals surface area (Å²) in [5.74, 6) is -1.03. The largest absolute Gasteiger partial charge is 0.481 e. The Morgan fingerprint density at radius 1 is 1.33 bits per heavy atom. The first kappa shape index (κ1) is 20.9. The van der Waals surface area contributed by atoms with E-state index in [2.05, 4.69) is 5.32 Å². The highest BCUT2D eigenvalue weighted by Crippen LogP contribution is 2.41. The Hall–Kier alpha value is -1.12. The molecule has 1 aliphatic carbocycles. The molecule has 0 saturated heterocycles. The van der Waals surface area contributed by atoms with E-state index in [0.29, 0.717) is 32.1 Å². The van der Waals surface area contributed by atoms with E-state index in [1.165, 1.54) is 0 Å². The van der Waals surface area contributed by atoms with Crippen molar-refractivity contribution in [1.82, 2.24) is 5.32 Å². The highest BCUT2D eigenvalue weighted by Gasteiger charge is 2.43. The maximum Gasteiger partial charge on any atom is 0.451 e. The monoisotopic (exact) mass is 342 g/mol. The summed E-state index contributed by atoms with van der Waals surface area (Å²) in [7, 11) is -1.35. The van der Waals surface area contributed by atoms with Crippen LogP contribution in [0.3, 0.4) is 0 Å². The first-order valence-electron chi connectivity index (χ1n) is 8.83. The first-order valence-corrected chi connectivity index (χ1v) is 8.83. The van der Waals surface area contributed by atoms with Crippen LogP contribution >= 0.6 is 0 Å². The summed E-state index contributed by atoms with van der Waals surface area (Å²) in [4.78, 5) is 24.0. The van der Waals surface area contributed by atoms with Crippen LogP contribution in [0.5, 0.6) is 0 Å². The van der Waals surface area contributed by atoms with Crippen molar-refractivity contribution in [2.75, 3.05) is 0 Å². The molecule has 0 spiro atoms. The summed E-state index contributed by atoms with van der Waals surface area (Å²) in [6.45, 7) is 3.75. The molecule has 6 N–H and O–H groups in total. The molecule has 1 fully saturated rings. The molecule has 0 unspecified atom stereocenters. The highest BCUT2D eigenvalue weighted by molar-refractivity contribution is 6.40. The Morgan fingerprint density at radius 3 is 2.54 bits per heavy atom. The van der Waals surface area contributed by atoms with E-state index in [4.69, 9.17) is 15.8 Å². The summed E-state index contributed by atoms with van der Waals surface area (Å²) in [5.41, 5.74) is 5.01. The number of aliphatic carboxylic acids is 1. The third kappa shape index (κ3) is 6.07. The van der Waals surface area contributed by atoms with E-state index in [-0.39, 0.29) is 24.2 Å². The third-order valence-corrected chi connectivity index (χ3v) is 5.03. The van der Waals surface area contributed by atoms with E-state index in [0.717, 1.165) is 12.8 Å². The molecule has 1 rings (SSSR count). The Bertz CT molecular complexity index is 433. The van der Waals surface area contributed by atoms with Crippen molar-refractivity contribution in [2.24, 2.45) is 17.1 Å². The van der Waals surface area contributed by atoms with Gasteiger partial charge < -0.3 is 26.2 Å². The molecular weight excluding hydrogens is 311 g/mol. The van der Waals surface area contributed by atoms with Gasteiger partial charge in [-0.25, -0.2) is 0 Å². The van der Waals surface area contributed by atoms with Gasteiger partial charge in [0.05, 0.1) is 11.5 Å². The van der Waals surface area contributed by atoms with Crippen molar-refractivity contribution in [3.63, 3.8) is 0 Å². The summed E-state index contributed by atoms with van der Waals surface area (Å²) in [6.07, 6.45) is 4.43. The number of hydrogen-bond acceptors (Lipinski definition) is 5. The number of amides is 1. The van der Waals surface area contributed by atoms with Crippen molar-refractivity contribution in [2.45, 2.75) is 77.2 Å². The zero-order chi connectivity index (χ0) is 18.3. The van der Waals surface area contributed by atoms with Gasteiger partial charge in [0.15, 0.2) is 0 Å². The summed E-state index contributed by atoms with van der Waals surface area (Å²) >= 11 is 0. The molecule has 0 aliphatic heterocycles. The predicted octanol–water partition coefficient (Wildman–Crippen LogP) is 0.743. The number of carboxylic acid groups (broad SMARTS) is 1. The minimum atomic E-state index is -1.35. The average molecular weight is 342 g/mol. The molecule has 0 aromatic heterocycles. The fraction of sp³-hybridized carbons (Fsp3) is 0.875. The number of carbonyl (C=O) groups excluding carboxylic acids is 1. The number of rotatable bonds is 9. The molecule has 1 saturated carbocycles. The summed E-state index contributed by atoms with van der Waals surface area (Å²) in [5, 5.41) is 30.4. The van der Waals surface area contributed by atoms with Gasteiger partial charge in [0, 0.05) is 6.04 Å². The molecule has 0 aromatic rings. The molecule has 8 heteroatoms. The Labute approximate surface area is 144 Å². The van der Waals surface area contributed by atoms with Crippen LogP contribution in [0.15, 0.2) is 0 Å². The smallest absolute Gasteiger partial charge is 0.451 e. The minimum Gasteiger partial charge on any atom is -0.481 e. The van der Waals surface area contributed by atoms with Crippen LogP contribution < -0.4 is 11.1 Å². The number of carbonyl (C=O) groups is 2. The van der Waals surface area contributed by atoms with Crippen LogP contribution in [0.25, 0.3) is 0 Å². The fourth-order valence-corrected chi connectivity index (χ4v) is 3.40. The lowest BCUT2D eigenvalue weighted by molar-refractivity contribution is -0.152. The number of nitrogens with two attached hydrogens (primary N) is 1. The Balaban J connectivity index is 2.63. The predicted molar refractivity (Wildman–Crippen MR) is 92.1 cm³/mol. The molecule has 3 atom stereocenters. The third-order valence-electron chi connectivity index (χ3n) is 5.03. The Kier molecular flexibility index (Phi) is 8.19. The quantitative estimate of drug-likeness (QED) is 0.310. The second kappa shape index (κ2) is 9.39. The number of unbranched alkanes of at least 4 members (excludes halogenated alkanes) is 1. The van der Waals surface area contributed by atoms with E-state index in [9.17, 15) is 14.7 Å². The molecule has 24 heavy (non-hydrogen) atoms. The number of nitrogens with one attached hydrogen (secondary N) is 1. The van der Waals surface area contributed by atoms with Gasteiger partial charge in [0.1, 0.15) is 0 Å². The zero-order valence-electron chi connectivity index (χ0n) is 14.7. The van der Waals surface area contributed by atoms with E-state index >= 15 is 0 Å². The van der Waals surface area contributed by atoms with Crippen molar-refractivity contribution in [3.8, 4) is 0 Å². The maximum atomic E-state index is 12.1. The van der Waals surface area contributed by atoms with E-state index in [1.807, 2.05) is 13.8 Å². The SMILES string of the molecule is CC(C)[C@H](N)C(=O)N[C@H]1CCC[C@@](CCCCB(O)O)(C(=O)O)C1. The van der Waals surface area contributed by atoms with Gasteiger partial charge in [-0.05, 0) is 37.9 Å². The van der Waals surface area contributed by atoms with E-state index in [1.54, 1.807) is 0 Å². The molecule has 138 valence electrons. The Morgan fingerprint density at radius 2 is 2.00 bits per heavy atom. The number of carboxylic acids is 1.